The highest BCUT2D eigenvalue weighted by Gasteiger charge is 2.30. The fraction of sp³-hybridized carbons (Fsp3) is 0.364. The number of nitrogens with one attached hydrogen (secondary N) is 1. The van der Waals surface area contributed by atoms with E-state index >= 15 is 0 Å². The van der Waals surface area contributed by atoms with E-state index in [-0.39, 0.29) is 18.0 Å². The average molecular weight is 228 g/mol. The van der Waals surface area contributed by atoms with Gasteiger partial charge in [-0.05, 0) is 18.7 Å². The van der Waals surface area contributed by atoms with E-state index in [0.29, 0.717) is 5.69 Å². The Hall–Kier alpha value is -1.49. The molecule has 3 nitrogen and oxygen atoms in total. The molecule has 0 saturated carbocycles. The van der Waals surface area contributed by atoms with E-state index < -0.39 is 12.3 Å². The lowest BCUT2D eigenvalue weighted by Gasteiger charge is -2.16. The molecule has 0 aromatic heterocycles. The summed E-state index contributed by atoms with van der Waals surface area (Å²) in [6.07, 6.45) is -0.406. The Bertz CT molecular complexity index is 380. The normalized spacial score (nSPS) is 11.2. The van der Waals surface area contributed by atoms with Crippen molar-refractivity contribution in [1.29, 1.82) is 0 Å². The van der Waals surface area contributed by atoms with Crippen molar-refractivity contribution in [1.82, 2.24) is 0 Å². The maximum atomic E-state index is 13.5. The molecular weight excluding hydrogens is 214 g/mol. The van der Waals surface area contributed by atoms with Crippen LogP contribution in [0.25, 0.3) is 0 Å². The van der Waals surface area contributed by atoms with Crippen molar-refractivity contribution in [3.05, 3.63) is 29.8 Å². The van der Waals surface area contributed by atoms with Crippen LogP contribution in [0.15, 0.2) is 24.3 Å². The Morgan fingerprint density at radius 2 is 2.19 bits per heavy atom. The van der Waals surface area contributed by atoms with Crippen LogP contribution in [-0.2, 0) is 10.7 Å². The van der Waals surface area contributed by atoms with E-state index in [1.165, 1.54) is 25.1 Å². The average Bonchev–Trinajstić information content (AvgIpc) is 2.17. The summed E-state index contributed by atoms with van der Waals surface area (Å²) < 4.78 is 27.0. The molecular formula is C11H14F2N2O. The first-order chi connectivity index (χ1) is 7.45. The molecule has 0 aliphatic heterocycles. The highest BCUT2D eigenvalue weighted by Crippen LogP contribution is 2.32. The first-order valence-corrected chi connectivity index (χ1v) is 4.92. The highest BCUT2D eigenvalue weighted by atomic mass is 19.3. The van der Waals surface area contributed by atoms with Crippen LogP contribution in [-0.4, -0.2) is 12.5 Å². The van der Waals surface area contributed by atoms with Gasteiger partial charge in [-0.15, -0.1) is 0 Å². The Balaban J connectivity index is 2.93. The first kappa shape index (κ1) is 12.6. The van der Waals surface area contributed by atoms with E-state index in [1.807, 2.05) is 0 Å². The van der Waals surface area contributed by atoms with Crippen LogP contribution in [0.1, 0.15) is 18.9 Å². The number of amides is 1. The van der Waals surface area contributed by atoms with Crippen LogP contribution in [0.5, 0.6) is 0 Å². The predicted molar refractivity (Wildman–Crippen MR) is 58.3 cm³/mol. The molecule has 3 N–H and O–H groups in total. The Morgan fingerprint density at radius 1 is 1.50 bits per heavy atom. The van der Waals surface area contributed by atoms with Gasteiger partial charge in [-0.2, -0.15) is 0 Å². The number of benzene rings is 1. The molecule has 0 spiro atoms. The minimum Gasteiger partial charge on any atom is -0.330 e. The standard InChI is InChI=1S/C11H14F2N2O/c1-8(16)15-10-4-2-3-9(7-10)11(12,13)5-6-14/h2-4,7H,5-6,14H2,1H3,(H,15,16). The van der Waals surface area contributed by atoms with Gasteiger partial charge in [-0.3, -0.25) is 4.79 Å². The van der Waals surface area contributed by atoms with Crippen molar-refractivity contribution in [3.63, 3.8) is 0 Å². The number of rotatable bonds is 4. The van der Waals surface area contributed by atoms with Crippen LogP contribution in [0.2, 0.25) is 0 Å². The zero-order valence-electron chi connectivity index (χ0n) is 8.97. The van der Waals surface area contributed by atoms with Crippen molar-refractivity contribution in [3.8, 4) is 0 Å². The molecule has 0 fully saturated rings. The first-order valence-electron chi connectivity index (χ1n) is 4.92. The second kappa shape index (κ2) is 5.03. The molecule has 1 rings (SSSR count). The summed E-state index contributed by atoms with van der Waals surface area (Å²) in [6, 6.07) is 5.62. The van der Waals surface area contributed by atoms with E-state index in [9.17, 15) is 13.6 Å². The van der Waals surface area contributed by atoms with Crippen molar-refractivity contribution >= 4 is 11.6 Å². The summed E-state index contributed by atoms with van der Waals surface area (Å²) in [4.78, 5) is 10.8. The molecule has 5 heteroatoms. The minimum atomic E-state index is -2.96. The Labute approximate surface area is 92.6 Å². The number of carbonyl (C=O) groups is 1. The van der Waals surface area contributed by atoms with Crippen LogP contribution in [0.4, 0.5) is 14.5 Å². The zero-order chi connectivity index (χ0) is 12.2. The fourth-order valence-corrected chi connectivity index (χ4v) is 1.35. The molecule has 0 radical (unpaired) electrons. The molecule has 1 aromatic carbocycles. The van der Waals surface area contributed by atoms with Gasteiger partial charge in [-0.25, -0.2) is 8.78 Å². The third-order valence-corrected chi connectivity index (χ3v) is 2.06. The van der Waals surface area contributed by atoms with Gasteiger partial charge in [0, 0.05) is 24.6 Å². The number of carbonyl (C=O) groups excluding carboxylic acids is 1. The summed E-state index contributed by atoms with van der Waals surface area (Å²) in [7, 11) is 0. The summed E-state index contributed by atoms with van der Waals surface area (Å²) in [5.41, 5.74) is 5.35. The summed E-state index contributed by atoms with van der Waals surface area (Å²) in [5.74, 6) is -3.25. The molecule has 1 aromatic rings. The maximum absolute atomic E-state index is 13.5. The number of anilines is 1. The molecule has 0 aliphatic carbocycles. The van der Waals surface area contributed by atoms with E-state index in [0.717, 1.165) is 0 Å². The second-order valence-corrected chi connectivity index (χ2v) is 3.51. The van der Waals surface area contributed by atoms with Gasteiger partial charge >= 0.3 is 0 Å². The van der Waals surface area contributed by atoms with Gasteiger partial charge in [-0.1, -0.05) is 12.1 Å². The number of alkyl halides is 2. The molecule has 88 valence electrons. The summed E-state index contributed by atoms with van der Waals surface area (Å²) in [6.45, 7) is 1.24. The SMILES string of the molecule is CC(=O)Nc1cccc(C(F)(F)CCN)c1. The van der Waals surface area contributed by atoms with Crippen LogP contribution < -0.4 is 11.1 Å². The number of nitrogens with two attached hydrogens (primary N) is 1. The van der Waals surface area contributed by atoms with Crippen molar-refractivity contribution in [2.24, 2.45) is 5.73 Å². The smallest absolute Gasteiger partial charge is 0.274 e. The molecule has 0 saturated heterocycles. The zero-order valence-corrected chi connectivity index (χ0v) is 8.97. The van der Waals surface area contributed by atoms with Crippen molar-refractivity contribution in [2.45, 2.75) is 19.3 Å². The molecule has 0 aliphatic rings. The predicted octanol–water partition coefficient (Wildman–Crippen LogP) is 2.09. The van der Waals surface area contributed by atoms with Gasteiger partial charge < -0.3 is 11.1 Å². The van der Waals surface area contributed by atoms with E-state index in [2.05, 4.69) is 5.32 Å². The van der Waals surface area contributed by atoms with Gasteiger partial charge in [0.25, 0.3) is 5.92 Å². The van der Waals surface area contributed by atoms with Crippen LogP contribution in [0, 0.1) is 0 Å². The number of hydrogen-bond donors (Lipinski definition) is 2. The molecule has 16 heavy (non-hydrogen) atoms. The van der Waals surface area contributed by atoms with Gasteiger partial charge in [0.1, 0.15) is 0 Å². The van der Waals surface area contributed by atoms with Gasteiger partial charge in [0.2, 0.25) is 5.91 Å². The fourth-order valence-electron chi connectivity index (χ4n) is 1.35. The third-order valence-electron chi connectivity index (χ3n) is 2.06. The lowest BCUT2D eigenvalue weighted by molar-refractivity contribution is -0.114. The minimum absolute atomic E-state index is 0.0859. The monoisotopic (exact) mass is 228 g/mol. The van der Waals surface area contributed by atoms with E-state index in [1.54, 1.807) is 6.07 Å². The maximum Gasteiger partial charge on any atom is 0.274 e. The van der Waals surface area contributed by atoms with Crippen LogP contribution >= 0.6 is 0 Å². The highest BCUT2D eigenvalue weighted by molar-refractivity contribution is 5.88. The number of hydrogen-bond acceptors (Lipinski definition) is 2. The lowest BCUT2D eigenvalue weighted by atomic mass is 10.0. The van der Waals surface area contributed by atoms with Gasteiger partial charge in [0.15, 0.2) is 0 Å². The van der Waals surface area contributed by atoms with Crippen LogP contribution in [0.3, 0.4) is 0 Å². The van der Waals surface area contributed by atoms with E-state index in [4.69, 9.17) is 5.73 Å². The quantitative estimate of drug-likeness (QED) is 0.829. The second-order valence-electron chi connectivity index (χ2n) is 3.51. The third kappa shape index (κ3) is 3.27. The van der Waals surface area contributed by atoms with Crippen molar-refractivity contribution in [2.75, 3.05) is 11.9 Å². The summed E-state index contributed by atoms with van der Waals surface area (Å²) >= 11 is 0. The Morgan fingerprint density at radius 3 is 2.75 bits per heavy atom. The largest absolute Gasteiger partial charge is 0.330 e. The molecule has 1 amide bonds. The number of halogens is 2. The Kier molecular flexibility index (Phi) is 3.95. The van der Waals surface area contributed by atoms with Gasteiger partial charge in [0.05, 0.1) is 0 Å². The lowest BCUT2D eigenvalue weighted by Crippen LogP contribution is -2.19. The molecule has 0 bridgehead atoms. The molecule has 0 unspecified atom stereocenters. The molecule has 0 atom stereocenters. The summed E-state index contributed by atoms with van der Waals surface area (Å²) in [5, 5.41) is 2.46. The van der Waals surface area contributed by atoms with Crippen molar-refractivity contribution < 1.29 is 13.6 Å². The topological polar surface area (TPSA) is 55.1 Å². The molecule has 0 heterocycles.